The van der Waals surface area contributed by atoms with Crippen molar-refractivity contribution in [2.24, 2.45) is 0 Å². The largest absolute Gasteiger partial charge is 0.339 e. The van der Waals surface area contributed by atoms with Crippen LogP contribution in [0.3, 0.4) is 0 Å². The fourth-order valence-corrected chi connectivity index (χ4v) is 4.49. The molecule has 1 aliphatic rings. The third-order valence-corrected chi connectivity index (χ3v) is 6.32. The van der Waals surface area contributed by atoms with Crippen molar-refractivity contribution < 1.29 is 13.6 Å². The van der Waals surface area contributed by atoms with Gasteiger partial charge in [-0.2, -0.15) is 0 Å². The number of fused-ring (bicyclic) bond motifs is 1. The average Bonchev–Trinajstić information content (AvgIpc) is 2.88. The van der Waals surface area contributed by atoms with Gasteiger partial charge in [0.15, 0.2) is 0 Å². The third kappa shape index (κ3) is 4.81. The van der Waals surface area contributed by atoms with Crippen LogP contribution in [0.4, 0.5) is 8.78 Å². The molecule has 3 aromatic carbocycles. The van der Waals surface area contributed by atoms with Crippen molar-refractivity contribution in [3.05, 3.63) is 106 Å². The van der Waals surface area contributed by atoms with E-state index in [0.29, 0.717) is 37.1 Å². The van der Waals surface area contributed by atoms with E-state index < -0.39 is 0 Å². The molecule has 2 heterocycles. The number of hydrogen-bond acceptors (Lipinski definition) is 5. The van der Waals surface area contributed by atoms with Gasteiger partial charge < -0.3 is 4.90 Å². The zero-order valence-corrected chi connectivity index (χ0v) is 18.8. The molecule has 0 unspecified atom stereocenters. The van der Waals surface area contributed by atoms with Gasteiger partial charge in [0.25, 0.3) is 5.56 Å². The molecule has 0 spiro atoms. The van der Waals surface area contributed by atoms with Crippen molar-refractivity contribution in [1.82, 2.24) is 24.8 Å². The van der Waals surface area contributed by atoms with Gasteiger partial charge in [-0.25, -0.2) is 13.5 Å². The van der Waals surface area contributed by atoms with Crippen molar-refractivity contribution in [1.29, 1.82) is 0 Å². The van der Waals surface area contributed by atoms with Crippen molar-refractivity contribution in [2.45, 2.75) is 12.6 Å². The molecule has 1 saturated heterocycles. The van der Waals surface area contributed by atoms with E-state index in [-0.39, 0.29) is 35.7 Å². The molecule has 0 N–H and O–H groups in total. The monoisotopic (exact) mass is 475 g/mol. The lowest BCUT2D eigenvalue weighted by Gasteiger charge is -2.39. The quantitative estimate of drug-likeness (QED) is 0.444. The minimum Gasteiger partial charge on any atom is -0.339 e. The summed E-state index contributed by atoms with van der Waals surface area (Å²) in [6.07, 6.45) is 0. The second kappa shape index (κ2) is 9.71. The Morgan fingerprint density at radius 3 is 2.00 bits per heavy atom. The lowest BCUT2D eigenvalue weighted by Crippen LogP contribution is -2.51. The summed E-state index contributed by atoms with van der Waals surface area (Å²) in [5, 5.41) is 8.37. The Bertz CT molecular complexity index is 1350. The normalized spacial score (nSPS) is 14.5. The average molecular weight is 475 g/mol. The van der Waals surface area contributed by atoms with Crippen molar-refractivity contribution in [3.63, 3.8) is 0 Å². The molecule has 7 nitrogen and oxygen atoms in total. The van der Waals surface area contributed by atoms with E-state index in [2.05, 4.69) is 15.2 Å². The molecule has 5 rings (SSSR count). The van der Waals surface area contributed by atoms with Gasteiger partial charge in [0.05, 0.1) is 11.4 Å². The molecule has 0 atom stereocenters. The van der Waals surface area contributed by atoms with Gasteiger partial charge in [-0.1, -0.05) is 41.6 Å². The molecule has 1 amide bonds. The number of hydrogen-bond donors (Lipinski definition) is 0. The molecular weight excluding hydrogens is 452 g/mol. The predicted molar refractivity (Wildman–Crippen MR) is 127 cm³/mol. The first kappa shape index (κ1) is 22.8. The standard InChI is InChI=1S/C26H23F2N5O2/c27-20-9-5-18(6-10-20)25(19-7-11-21(28)12-8-19)32-15-13-31(14-16-32)24(34)17-33-26(35)22-3-1-2-4-23(22)29-30-33/h1-12,25H,13-17H2. The fraction of sp³-hybridized carbons (Fsp3) is 0.231. The zero-order chi connectivity index (χ0) is 24.4. The summed E-state index contributed by atoms with van der Waals surface area (Å²) in [6, 6.07) is 19.2. The lowest BCUT2D eigenvalue weighted by molar-refractivity contribution is -0.134. The molecule has 0 radical (unpaired) electrons. The van der Waals surface area contributed by atoms with E-state index in [4.69, 9.17) is 0 Å². The van der Waals surface area contributed by atoms with E-state index >= 15 is 0 Å². The zero-order valence-electron chi connectivity index (χ0n) is 18.8. The van der Waals surface area contributed by atoms with Crippen LogP contribution in [0.25, 0.3) is 10.9 Å². The highest BCUT2D eigenvalue weighted by Gasteiger charge is 2.28. The first-order valence-corrected chi connectivity index (χ1v) is 11.3. The topological polar surface area (TPSA) is 71.3 Å². The maximum absolute atomic E-state index is 13.5. The van der Waals surface area contributed by atoms with Crippen LogP contribution in [-0.4, -0.2) is 56.9 Å². The van der Waals surface area contributed by atoms with Gasteiger partial charge in [-0.3, -0.25) is 14.5 Å². The molecule has 1 aliphatic heterocycles. The maximum atomic E-state index is 13.5. The van der Waals surface area contributed by atoms with Gasteiger partial charge in [-0.15, -0.1) is 5.10 Å². The molecular formula is C26H23F2N5O2. The molecule has 4 aromatic rings. The van der Waals surface area contributed by atoms with Crippen molar-refractivity contribution >= 4 is 16.8 Å². The van der Waals surface area contributed by atoms with E-state index in [1.165, 1.54) is 24.3 Å². The highest BCUT2D eigenvalue weighted by molar-refractivity contribution is 5.78. The molecule has 1 fully saturated rings. The summed E-state index contributed by atoms with van der Waals surface area (Å²) in [7, 11) is 0. The number of amides is 1. The van der Waals surface area contributed by atoms with Crippen LogP contribution in [-0.2, 0) is 11.3 Å². The minimum absolute atomic E-state index is 0.185. The number of aromatic nitrogens is 3. The first-order valence-electron chi connectivity index (χ1n) is 11.3. The van der Waals surface area contributed by atoms with Crippen LogP contribution in [0.1, 0.15) is 17.2 Å². The molecule has 9 heteroatoms. The van der Waals surface area contributed by atoms with Gasteiger partial charge in [-0.05, 0) is 47.5 Å². The molecule has 0 saturated carbocycles. The molecule has 178 valence electrons. The minimum atomic E-state index is -0.352. The fourth-order valence-electron chi connectivity index (χ4n) is 4.49. The first-order chi connectivity index (χ1) is 17.0. The maximum Gasteiger partial charge on any atom is 0.278 e. The Morgan fingerprint density at radius 2 is 1.40 bits per heavy atom. The van der Waals surface area contributed by atoms with Crippen LogP contribution < -0.4 is 5.56 Å². The van der Waals surface area contributed by atoms with Crippen LogP contribution in [0.15, 0.2) is 77.6 Å². The van der Waals surface area contributed by atoms with E-state index in [1.54, 1.807) is 53.4 Å². The summed E-state index contributed by atoms with van der Waals surface area (Å²) in [4.78, 5) is 29.5. The van der Waals surface area contributed by atoms with Gasteiger partial charge >= 0.3 is 0 Å². The summed E-state index contributed by atoms with van der Waals surface area (Å²) in [5.74, 6) is -0.862. The Hall–Kier alpha value is -3.98. The molecule has 35 heavy (non-hydrogen) atoms. The Kier molecular flexibility index (Phi) is 6.33. The Morgan fingerprint density at radius 1 is 0.829 bits per heavy atom. The van der Waals surface area contributed by atoms with E-state index in [0.717, 1.165) is 15.8 Å². The summed E-state index contributed by atoms with van der Waals surface area (Å²) in [6.45, 7) is 1.84. The van der Waals surface area contributed by atoms with Crippen molar-refractivity contribution in [3.8, 4) is 0 Å². The van der Waals surface area contributed by atoms with Gasteiger partial charge in [0, 0.05) is 26.2 Å². The predicted octanol–water partition coefficient (Wildman–Crippen LogP) is 3.00. The second-order valence-corrected chi connectivity index (χ2v) is 8.49. The number of halogens is 2. The van der Waals surface area contributed by atoms with E-state index in [1.807, 2.05) is 0 Å². The van der Waals surface area contributed by atoms with Crippen LogP contribution >= 0.6 is 0 Å². The van der Waals surface area contributed by atoms with Crippen LogP contribution in [0, 0.1) is 11.6 Å². The van der Waals surface area contributed by atoms with Gasteiger partial charge in [0.2, 0.25) is 5.91 Å². The molecule has 0 bridgehead atoms. The number of carbonyl (C=O) groups is 1. The number of benzene rings is 3. The summed E-state index contributed by atoms with van der Waals surface area (Å²) >= 11 is 0. The smallest absolute Gasteiger partial charge is 0.278 e. The highest BCUT2D eigenvalue weighted by Crippen LogP contribution is 2.30. The van der Waals surface area contributed by atoms with E-state index in [9.17, 15) is 18.4 Å². The SMILES string of the molecule is O=C(Cn1nnc2ccccc2c1=O)N1CCN(C(c2ccc(F)cc2)c2ccc(F)cc2)CC1. The number of piperazine rings is 1. The van der Waals surface area contributed by atoms with Crippen LogP contribution in [0.2, 0.25) is 0 Å². The summed E-state index contributed by atoms with van der Waals surface area (Å²) < 4.78 is 28.2. The molecule has 1 aromatic heterocycles. The number of carbonyl (C=O) groups excluding carboxylic acids is 1. The summed E-state index contributed by atoms with van der Waals surface area (Å²) in [5.41, 5.74) is 1.91. The van der Waals surface area contributed by atoms with Crippen LogP contribution in [0.5, 0.6) is 0 Å². The Labute approximate surface area is 200 Å². The molecule has 0 aliphatic carbocycles. The number of rotatable bonds is 5. The Balaban J connectivity index is 1.31. The highest BCUT2D eigenvalue weighted by atomic mass is 19.1. The van der Waals surface area contributed by atoms with Gasteiger partial charge in [0.1, 0.15) is 23.7 Å². The second-order valence-electron chi connectivity index (χ2n) is 8.49. The van der Waals surface area contributed by atoms with Crippen molar-refractivity contribution in [2.75, 3.05) is 26.2 Å². The lowest BCUT2D eigenvalue weighted by atomic mass is 9.96. The third-order valence-electron chi connectivity index (χ3n) is 6.32. The number of nitrogens with zero attached hydrogens (tertiary/aromatic N) is 5.